The van der Waals surface area contributed by atoms with Crippen LogP contribution in [0, 0.1) is 20.8 Å². The van der Waals surface area contributed by atoms with Gasteiger partial charge >= 0.3 is 0 Å². The number of benzene rings is 2. The molecule has 3 aromatic rings. The van der Waals surface area contributed by atoms with Crippen LogP contribution in [0.1, 0.15) is 27.3 Å². The first-order valence-electron chi connectivity index (χ1n) is 9.13. The van der Waals surface area contributed by atoms with Crippen molar-refractivity contribution in [2.75, 3.05) is 24.9 Å². The summed E-state index contributed by atoms with van der Waals surface area (Å²) in [5, 5.41) is 5.99. The van der Waals surface area contributed by atoms with Gasteiger partial charge in [-0.05, 0) is 62.2 Å². The highest BCUT2D eigenvalue weighted by molar-refractivity contribution is 6.03. The van der Waals surface area contributed by atoms with Crippen LogP contribution in [0.4, 0.5) is 17.3 Å². The van der Waals surface area contributed by atoms with Gasteiger partial charge in [0.05, 0.1) is 14.2 Å². The predicted molar refractivity (Wildman–Crippen MR) is 113 cm³/mol. The lowest BCUT2D eigenvalue weighted by molar-refractivity contribution is 0.102. The number of rotatable bonds is 6. The van der Waals surface area contributed by atoms with Crippen LogP contribution < -0.4 is 20.1 Å². The lowest BCUT2D eigenvalue weighted by Crippen LogP contribution is -2.15. The summed E-state index contributed by atoms with van der Waals surface area (Å²) in [6, 6.07) is 12.8. The molecule has 0 unspecified atom stereocenters. The normalized spacial score (nSPS) is 10.4. The average molecular weight is 392 g/mol. The molecular formula is C22H24N4O3. The van der Waals surface area contributed by atoms with E-state index in [1.807, 2.05) is 45.0 Å². The molecule has 0 saturated carbocycles. The molecular weight excluding hydrogens is 368 g/mol. The summed E-state index contributed by atoms with van der Waals surface area (Å²) < 4.78 is 10.6. The van der Waals surface area contributed by atoms with Gasteiger partial charge in [0.1, 0.15) is 5.69 Å². The van der Waals surface area contributed by atoms with Crippen LogP contribution in [0.15, 0.2) is 42.5 Å². The standard InChI is InChI=1S/C22H24N4O3/c1-13-6-7-16(10-14(13)2)24-21(27)18-11-15(3)23-22(26-18)25-17-8-9-19(28-4)20(12-17)29-5/h6-12H,1-5H3,(H,24,27)(H,23,25,26). The summed E-state index contributed by atoms with van der Waals surface area (Å²) in [5.41, 5.74) is 4.67. The first kappa shape index (κ1) is 20.1. The molecule has 1 aromatic heterocycles. The third-order valence-electron chi connectivity index (χ3n) is 4.49. The van der Waals surface area contributed by atoms with E-state index in [4.69, 9.17) is 9.47 Å². The molecule has 0 spiro atoms. The molecule has 0 radical (unpaired) electrons. The molecule has 0 bridgehead atoms. The Morgan fingerprint density at radius 3 is 2.24 bits per heavy atom. The number of aryl methyl sites for hydroxylation is 3. The Balaban J connectivity index is 1.82. The van der Waals surface area contributed by atoms with Crippen LogP contribution in [-0.2, 0) is 0 Å². The summed E-state index contributed by atoms with van der Waals surface area (Å²) in [7, 11) is 3.15. The van der Waals surface area contributed by atoms with E-state index in [9.17, 15) is 4.79 Å². The molecule has 0 saturated heterocycles. The van der Waals surface area contributed by atoms with Crippen molar-refractivity contribution < 1.29 is 14.3 Å². The third-order valence-corrected chi connectivity index (χ3v) is 4.49. The molecule has 3 rings (SSSR count). The van der Waals surface area contributed by atoms with E-state index in [-0.39, 0.29) is 11.6 Å². The van der Waals surface area contributed by atoms with Crippen molar-refractivity contribution in [3.63, 3.8) is 0 Å². The zero-order chi connectivity index (χ0) is 21.0. The van der Waals surface area contributed by atoms with Crippen molar-refractivity contribution in [1.82, 2.24) is 9.97 Å². The third kappa shape index (κ3) is 4.82. The summed E-state index contributed by atoms with van der Waals surface area (Å²) in [4.78, 5) is 21.4. The molecule has 29 heavy (non-hydrogen) atoms. The number of carbonyl (C=O) groups is 1. The minimum Gasteiger partial charge on any atom is -0.493 e. The molecule has 0 fully saturated rings. The predicted octanol–water partition coefficient (Wildman–Crippen LogP) is 4.41. The number of methoxy groups -OCH3 is 2. The fraction of sp³-hybridized carbons (Fsp3) is 0.227. The zero-order valence-corrected chi connectivity index (χ0v) is 17.2. The van der Waals surface area contributed by atoms with Gasteiger partial charge in [0.25, 0.3) is 5.91 Å². The van der Waals surface area contributed by atoms with E-state index in [2.05, 4.69) is 20.6 Å². The fourth-order valence-corrected chi connectivity index (χ4v) is 2.80. The molecule has 7 nitrogen and oxygen atoms in total. The molecule has 2 N–H and O–H groups in total. The van der Waals surface area contributed by atoms with Crippen LogP contribution in [0.5, 0.6) is 11.5 Å². The second kappa shape index (κ2) is 8.60. The Bertz CT molecular complexity index is 1050. The SMILES string of the molecule is COc1ccc(Nc2nc(C)cc(C(=O)Nc3ccc(C)c(C)c3)n2)cc1OC. The van der Waals surface area contributed by atoms with Gasteiger partial charge < -0.3 is 20.1 Å². The lowest BCUT2D eigenvalue weighted by Gasteiger charge is -2.12. The van der Waals surface area contributed by atoms with Crippen LogP contribution in [0.25, 0.3) is 0 Å². The summed E-state index contributed by atoms with van der Waals surface area (Å²) in [6.45, 7) is 5.85. The minimum absolute atomic E-state index is 0.277. The summed E-state index contributed by atoms with van der Waals surface area (Å²) >= 11 is 0. The van der Waals surface area contributed by atoms with E-state index in [1.54, 1.807) is 32.4 Å². The highest BCUT2D eigenvalue weighted by atomic mass is 16.5. The second-order valence-corrected chi connectivity index (χ2v) is 6.67. The van der Waals surface area contributed by atoms with Crippen molar-refractivity contribution in [3.8, 4) is 11.5 Å². The van der Waals surface area contributed by atoms with Gasteiger partial charge in [-0.2, -0.15) is 0 Å². The van der Waals surface area contributed by atoms with Gasteiger partial charge in [0.2, 0.25) is 5.95 Å². The van der Waals surface area contributed by atoms with E-state index < -0.39 is 0 Å². The number of hydrogen-bond donors (Lipinski definition) is 2. The van der Waals surface area contributed by atoms with Gasteiger partial charge in [0, 0.05) is 23.1 Å². The fourth-order valence-electron chi connectivity index (χ4n) is 2.80. The quantitative estimate of drug-likeness (QED) is 0.646. The molecule has 0 aliphatic heterocycles. The van der Waals surface area contributed by atoms with Gasteiger partial charge in [-0.25, -0.2) is 9.97 Å². The largest absolute Gasteiger partial charge is 0.493 e. The van der Waals surface area contributed by atoms with E-state index >= 15 is 0 Å². The zero-order valence-electron chi connectivity index (χ0n) is 17.2. The molecule has 0 aliphatic rings. The first-order chi connectivity index (χ1) is 13.9. The van der Waals surface area contributed by atoms with E-state index in [0.29, 0.717) is 28.8 Å². The number of hydrogen-bond acceptors (Lipinski definition) is 6. The number of anilines is 3. The number of nitrogens with one attached hydrogen (secondary N) is 2. The molecule has 150 valence electrons. The maximum atomic E-state index is 12.7. The highest BCUT2D eigenvalue weighted by Crippen LogP contribution is 2.30. The Morgan fingerprint density at radius 1 is 0.828 bits per heavy atom. The Kier molecular flexibility index (Phi) is 5.97. The maximum absolute atomic E-state index is 12.7. The number of nitrogens with zero attached hydrogens (tertiary/aromatic N) is 2. The molecule has 1 amide bonds. The van der Waals surface area contributed by atoms with Crippen molar-refractivity contribution in [2.24, 2.45) is 0 Å². The topological polar surface area (TPSA) is 85.4 Å². The minimum atomic E-state index is -0.297. The monoisotopic (exact) mass is 392 g/mol. The number of ether oxygens (including phenoxy) is 2. The Hall–Kier alpha value is -3.61. The van der Waals surface area contributed by atoms with Gasteiger partial charge in [-0.15, -0.1) is 0 Å². The average Bonchev–Trinajstić information content (AvgIpc) is 2.70. The number of carbonyl (C=O) groups excluding carboxylic acids is 1. The number of amides is 1. The van der Waals surface area contributed by atoms with Crippen LogP contribution in [0.3, 0.4) is 0 Å². The second-order valence-electron chi connectivity index (χ2n) is 6.67. The smallest absolute Gasteiger partial charge is 0.274 e. The molecule has 0 aliphatic carbocycles. The molecule has 1 heterocycles. The Morgan fingerprint density at radius 2 is 1.55 bits per heavy atom. The van der Waals surface area contributed by atoms with Gasteiger partial charge in [0.15, 0.2) is 11.5 Å². The molecule has 2 aromatic carbocycles. The molecule has 7 heteroatoms. The van der Waals surface area contributed by atoms with Crippen molar-refractivity contribution in [3.05, 3.63) is 65.0 Å². The lowest BCUT2D eigenvalue weighted by atomic mass is 10.1. The Labute approximate surface area is 170 Å². The molecule has 0 atom stereocenters. The van der Waals surface area contributed by atoms with Crippen LogP contribution >= 0.6 is 0 Å². The van der Waals surface area contributed by atoms with E-state index in [0.717, 1.165) is 11.3 Å². The number of aromatic nitrogens is 2. The van der Waals surface area contributed by atoms with Gasteiger partial charge in [-0.3, -0.25) is 4.79 Å². The van der Waals surface area contributed by atoms with Crippen molar-refractivity contribution in [1.29, 1.82) is 0 Å². The van der Waals surface area contributed by atoms with Gasteiger partial charge in [-0.1, -0.05) is 6.07 Å². The van der Waals surface area contributed by atoms with Crippen molar-refractivity contribution >= 4 is 23.2 Å². The first-order valence-corrected chi connectivity index (χ1v) is 9.13. The summed E-state index contributed by atoms with van der Waals surface area (Å²) in [6.07, 6.45) is 0. The van der Waals surface area contributed by atoms with Crippen molar-refractivity contribution in [2.45, 2.75) is 20.8 Å². The van der Waals surface area contributed by atoms with E-state index in [1.165, 1.54) is 5.56 Å². The van der Waals surface area contributed by atoms with Crippen LogP contribution in [-0.4, -0.2) is 30.1 Å². The summed E-state index contributed by atoms with van der Waals surface area (Å²) in [5.74, 6) is 1.23. The highest BCUT2D eigenvalue weighted by Gasteiger charge is 2.12. The van der Waals surface area contributed by atoms with Crippen LogP contribution in [0.2, 0.25) is 0 Å². The maximum Gasteiger partial charge on any atom is 0.274 e.